The molecule has 23 heavy (non-hydrogen) atoms. The van der Waals surface area contributed by atoms with E-state index >= 15 is 0 Å². The van der Waals surface area contributed by atoms with Crippen LogP contribution in [0.15, 0.2) is 60.7 Å². The lowest BCUT2D eigenvalue weighted by atomic mass is 9.94. The first kappa shape index (κ1) is 15.5. The normalized spacial score (nSPS) is 16.1. The highest BCUT2D eigenvalue weighted by Gasteiger charge is 2.19. The van der Waals surface area contributed by atoms with Gasteiger partial charge in [0, 0.05) is 11.6 Å². The van der Waals surface area contributed by atoms with Gasteiger partial charge in [-0.2, -0.15) is 0 Å². The summed E-state index contributed by atoms with van der Waals surface area (Å²) >= 11 is 0. The number of benzene rings is 2. The van der Waals surface area contributed by atoms with Crippen LogP contribution in [0.2, 0.25) is 0 Å². The molecule has 0 aliphatic heterocycles. The van der Waals surface area contributed by atoms with Crippen molar-refractivity contribution in [3.63, 3.8) is 0 Å². The van der Waals surface area contributed by atoms with Crippen LogP contribution in [0.4, 0.5) is 0 Å². The van der Waals surface area contributed by atoms with Crippen LogP contribution >= 0.6 is 0 Å². The van der Waals surface area contributed by atoms with E-state index in [1.54, 1.807) is 0 Å². The molecule has 118 valence electrons. The third-order valence-corrected chi connectivity index (χ3v) is 4.38. The fraction of sp³-hybridized carbons (Fsp3) is 0.286. The molecule has 0 bridgehead atoms. The minimum absolute atomic E-state index is 0.0342. The highest BCUT2D eigenvalue weighted by Crippen LogP contribution is 2.21. The first-order valence-electron chi connectivity index (χ1n) is 8.46. The molecule has 2 nitrogen and oxygen atoms in total. The second-order valence-electron chi connectivity index (χ2n) is 6.14. The van der Waals surface area contributed by atoms with Crippen LogP contribution in [0.3, 0.4) is 0 Å². The van der Waals surface area contributed by atoms with Gasteiger partial charge in [0.25, 0.3) is 5.91 Å². The molecule has 2 heteroatoms. The fourth-order valence-electron chi connectivity index (χ4n) is 3.12. The SMILES string of the molecule is O=C(NC1CCCCC1)/C(=C\c1ccccc1)c1ccccc1. The fourth-order valence-corrected chi connectivity index (χ4v) is 3.12. The average Bonchev–Trinajstić information content (AvgIpc) is 2.62. The van der Waals surface area contributed by atoms with Crippen LogP contribution in [0.1, 0.15) is 43.2 Å². The maximum atomic E-state index is 12.8. The van der Waals surface area contributed by atoms with E-state index in [0.29, 0.717) is 6.04 Å². The summed E-state index contributed by atoms with van der Waals surface area (Å²) in [5.74, 6) is 0.0342. The molecule has 0 heterocycles. The van der Waals surface area contributed by atoms with Crippen molar-refractivity contribution in [3.05, 3.63) is 71.8 Å². The predicted molar refractivity (Wildman–Crippen MR) is 95.8 cm³/mol. The minimum atomic E-state index is 0.0342. The Labute approximate surface area is 138 Å². The van der Waals surface area contributed by atoms with E-state index in [9.17, 15) is 4.79 Å². The van der Waals surface area contributed by atoms with Gasteiger partial charge >= 0.3 is 0 Å². The van der Waals surface area contributed by atoms with Gasteiger partial charge in [0.1, 0.15) is 0 Å². The molecular weight excluding hydrogens is 282 g/mol. The number of carbonyl (C=O) groups is 1. The zero-order chi connectivity index (χ0) is 15.9. The zero-order valence-corrected chi connectivity index (χ0v) is 13.4. The van der Waals surface area contributed by atoms with Crippen molar-refractivity contribution in [2.45, 2.75) is 38.1 Å². The number of hydrogen-bond donors (Lipinski definition) is 1. The summed E-state index contributed by atoms with van der Waals surface area (Å²) in [4.78, 5) is 12.8. The van der Waals surface area contributed by atoms with Crippen molar-refractivity contribution in [2.24, 2.45) is 0 Å². The van der Waals surface area contributed by atoms with Gasteiger partial charge < -0.3 is 5.32 Å². The monoisotopic (exact) mass is 305 g/mol. The van der Waals surface area contributed by atoms with Gasteiger partial charge in [-0.25, -0.2) is 0 Å². The predicted octanol–water partition coefficient (Wildman–Crippen LogP) is 4.68. The van der Waals surface area contributed by atoms with E-state index in [1.165, 1.54) is 19.3 Å². The molecule has 1 saturated carbocycles. The van der Waals surface area contributed by atoms with Crippen LogP contribution < -0.4 is 5.32 Å². The second-order valence-corrected chi connectivity index (χ2v) is 6.14. The smallest absolute Gasteiger partial charge is 0.252 e. The van der Waals surface area contributed by atoms with E-state index in [1.807, 2.05) is 66.7 Å². The minimum Gasteiger partial charge on any atom is -0.349 e. The Morgan fingerprint density at radius 2 is 1.48 bits per heavy atom. The lowest BCUT2D eigenvalue weighted by molar-refractivity contribution is -0.116. The van der Waals surface area contributed by atoms with Gasteiger partial charge in [0.05, 0.1) is 0 Å². The largest absolute Gasteiger partial charge is 0.349 e. The average molecular weight is 305 g/mol. The Bertz CT molecular complexity index is 655. The summed E-state index contributed by atoms with van der Waals surface area (Å²) in [6, 6.07) is 20.3. The summed E-state index contributed by atoms with van der Waals surface area (Å²) in [7, 11) is 0. The molecule has 0 unspecified atom stereocenters. The number of hydrogen-bond acceptors (Lipinski definition) is 1. The third kappa shape index (κ3) is 4.32. The Hall–Kier alpha value is -2.35. The van der Waals surface area contributed by atoms with Crippen LogP contribution in [-0.4, -0.2) is 11.9 Å². The quantitative estimate of drug-likeness (QED) is 0.645. The molecule has 1 aliphatic rings. The molecule has 0 aromatic heterocycles. The van der Waals surface area contributed by atoms with Crippen molar-refractivity contribution in [3.8, 4) is 0 Å². The maximum absolute atomic E-state index is 12.8. The second kappa shape index (κ2) is 7.77. The van der Waals surface area contributed by atoms with Crippen LogP contribution in [0, 0.1) is 0 Å². The van der Waals surface area contributed by atoms with Gasteiger partial charge in [-0.15, -0.1) is 0 Å². The molecule has 1 N–H and O–H groups in total. The summed E-state index contributed by atoms with van der Waals surface area (Å²) < 4.78 is 0. The van der Waals surface area contributed by atoms with Crippen molar-refractivity contribution < 1.29 is 4.79 Å². The number of rotatable bonds is 4. The highest BCUT2D eigenvalue weighted by atomic mass is 16.1. The number of nitrogens with one attached hydrogen (secondary N) is 1. The molecule has 3 rings (SSSR count). The molecular formula is C21H23NO. The van der Waals surface area contributed by atoms with Crippen molar-refractivity contribution in [2.75, 3.05) is 0 Å². The highest BCUT2D eigenvalue weighted by molar-refractivity contribution is 6.24. The lowest BCUT2D eigenvalue weighted by Gasteiger charge is -2.23. The molecule has 1 aliphatic carbocycles. The topological polar surface area (TPSA) is 29.1 Å². The zero-order valence-electron chi connectivity index (χ0n) is 13.4. The Morgan fingerprint density at radius 3 is 2.13 bits per heavy atom. The molecule has 0 radical (unpaired) electrons. The van der Waals surface area contributed by atoms with Gasteiger partial charge in [0.15, 0.2) is 0 Å². The van der Waals surface area contributed by atoms with Gasteiger partial charge in [-0.3, -0.25) is 4.79 Å². The molecule has 2 aromatic rings. The summed E-state index contributed by atoms with van der Waals surface area (Å²) in [6.07, 6.45) is 7.89. The van der Waals surface area contributed by atoms with E-state index in [-0.39, 0.29) is 5.91 Å². The summed E-state index contributed by atoms with van der Waals surface area (Å²) in [5.41, 5.74) is 2.75. The Kier molecular flexibility index (Phi) is 5.25. The van der Waals surface area contributed by atoms with E-state index in [2.05, 4.69) is 5.32 Å². The Morgan fingerprint density at radius 1 is 0.870 bits per heavy atom. The molecule has 0 saturated heterocycles. The lowest BCUT2D eigenvalue weighted by Crippen LogP contribution is -2.36. The van der Waals surface area contributed by atoms with Crippen LogP contribution in [0.5, 0.6) is 0 Å². The standard InChI is InChI=1S/C21H23NO/c23-21(22-19-14-8-3-9-15-19)20(18-12-6-2-7-13-18)16-17-10-4-1-5-11-17/h1-2,4-7,10-13,16,19H,3,8-9,14-15H2,(H,22,23)/b20-16-. The molecule has 1 fully saturated rings. The molecule has 0 spiro atoms. The van der Waals surface area contributed by atoms with E-state index in [0.717, 1.165) is 29.5 Å². The summed E-state index contributed by atoms with van der Waals surface area (Å²) in [6.45, 7) is 0. The maximum Gasteiger partial charge on any atom is 0.252 e. The first-order valence-corrected chi connectivity index (χ1v) is 8.46. The van der Waals surface area contributed by atoms with Gasteiger partial charge in [-0.05, 0) is 30.0 Å². The van der Waals surface area contributed by atoms with Crippen molar-refractivity contribution in [1.82, 2.24) is 5.32 Å². The van der Waals surface area contributed by atoms with Crippen molar-refractivity contribution in [1.29, 1.82) is 0 Å². The van der Waals surface area contributed by atoms with Gasteiger partial charge in [-0.1, -0.05) is 79.9 Å². The van der Waals surface area contributed by atoms with Crippen molar-refractivity contribution >= 4 is 17.6 Å². The summed E-state index contributed by atoms with van der Waals surface area (Å²) in [5, 5.41) is 3.23. The number of carbonyl (C=O) groups excluding carboxylic acids is 1. The van der Waals surface area contributed by atoms with Gasteiger partial charge in [0.2, 0.25) is 0 Å². The first-order chi connectivity index (χ1) is 11.3. The molecule has 1 amide bonds. The van der Waals surface area contributed by atoms with E-state index in [4.69, 9.17) is 0 Å². The Balaban J connectivity index is 1.85. The third-order valence-electron chi connectivity index (χ3n) is 4.38. The number of amides is 1. The van der Waals surface area contributed by atoms with Crippen LogP contribution in [0.25, 0.3) is 11.6 Å². The van der Waals surface area contributed by atoms with E-state index < -0.39 is 0 Å². The molecule has 2 aromatic carbocycles. The van der Waals surface area contributed by atoms with Crippen LogP contribution in [-0.2, 0) is 4.79 Å². The molecule has 0 atom stereocenters.